The molecule has 128 valence electrons. The normalized spacial score (nSPS) is 10.5. The van der Waals surface area contributed by atoms with Crippen molar-refractivity contribution in [3.8, 4) is 5.75 Å². The number of nitrogens with one attached hydrogen (secondary N) is 1. The fourth-order valence-corrected chi connectivity index (χ4v) is 2.68. The van der Waals surface area contributed by atoms with E-state index in [0.29, 0.717) is 6.61 Å². The predicted molar refractivity (Wildman–Crippen MR) is 105 cm³/mol. The summed E-state index contributed by atoms with van der Waals surface area (Å²) in [5, 5.41) is 4.19. The molecule has 1 N–H and O–H groups in total. The van der Waals surface area contributed by atoms with E-state index in [4.69, 9.17) is 16.3 Å². The van der Waals surface area contributed by atoms with Crippen molar-refractivity contribution in [2.75, 3.05) is 5.32 Å². The maximum atomic E-state index is 5.90. The van der Waals surface area contributed by atoms with Crippen molar-refractivity contribution in [3.05, 3.63) is 94.5 Å². The molecule has 25 heavy (non-hydrogen) atoms. The van der Waals surface area contributed by atoms with Crippen LogP contribution >= 0.6 is 11.6 Å². The summed E-state index contributed by atoms with van der Waals surface area (Å²) in [6.45, 7) is 3.47. The van der Waals surface area contributed by atoms with Crippen molar-refractivity contribution in [2.24, 2.45) is 0 Å². The van der Waals surface area contributed by atoms with Crippen LogP contribution in [0.15, 0.2) is 72.8 Å². The monoisotopic (exact) mass is 351 g/mol. The summed E-state index contributed by atoms with van der Waals surface area (Å²) in [6, 6.07) is 24.5. The minimum Gasteiger partial charge on any atom is -0.489 e. The second-order valence-electron chi connectivity index (χ2n) is 5.97. The van der Waals surface area contributed by atoms with Crippen LogP contribution < -0.4 is 10.1 Å². The average molecular weight is 352 g/mol. The smallest absolute Gasteiger partial charge is 0.120 e. The van der Waals surface area contributed by atoms with E-state index in [0.717, 1.165) is 35.0 Å². The third-order valence-electron chi connectivity index (χ3n) is 4.08. The van der Waals surface area contributed by atoms with Gasteiger partial charge >= 0.3 is 0 Å². The largest absolute Gasteiger partial charge is 0.489 e. The fourth-order valence-electron chi connectivity index (χ4n) is 2.55. The van der Waals surface area contributed by atoms with Crippen LogP contribution in [0.3, 0.4) is 0 Å². The van der Waals surface area contributed by atoms with Crippen molar-refractivity contribution in [2.45, 2.75) is 26.5 Å². The van der Waals surface area contributed by atoms with Crippen LogP contribution in [0, 0.1) is 0 Å². The van der Waals surface area contributed by atoms with Gasteiger partial charge in [-0.1, -0.05) is 54.9 Å². The standard InChI is InChI=1S/C22H22ClNO/c1-2-17-8-12-21(13-9-17)24-15-19-4-3-5-22(14-19)25-16-18-6-10-20(23)11-7-18/h3-14,24H,2,15-16H2,1H3. The molecule has 0 unspecified atom stereocenters. The topological polar surface area (TPSA) is 21.3 Å². The molecule has 2 nitrogen and oxygen atoms in total. The van der Waals surface area contributed by atoms with Crippen molar-refractivity contribution in [3.63, 3.8) is 0 Å². The number of halogens is 1. The van der Waals surface area contributed by atoms with Crippen molar-refractivity contribution >= 4 is 17.3 Å². The minimum absolute atomic E-state index is 0.534. The molecular formula is C22H22ClNO. The molecule has 0 bridgehead atoms. The number of ether oxygens (including phenoxy) is 1. The Morgan fingerprint density at radius 3 is 2.28 bits per heavy atom. The minimum atomic E-state index is 0.534. The quantitative estimate of drug-likeness (QED) is 0.555. The molecule has 0 aliphatic rings. The van der Waals surface area contributed by atoms with Gasteiger partial charge in [-0.2, -0.15) is 0 Å². The summed E-state index contributed by atoms with van der Waals surface area (Å²) < 4.78 is 5.88. The van der Waals surface area contributed by atoms with Gasteiger partial charge in [0.2, 0.25) is 0 Å². The number of aryl methyl sites for hydroxylation is 1. The maximum absolute atomic E-state index is 5.90. The lowest BCUT2D eigenvalue weighted by Crippen LogP contribution is -2.00. The van der Waals surface area contributed by atoms with Gasteiger partial charge in [-0.05, 0) is 59.5 Å². The number of rotatable bonds is 7. The molecule has 0 fully saturated rings. The zero-order chi connectivity index (χ0) is 17.5. The summed E-state index contributed by atoms with van der Waals surface area (Å²) in [5.74, 6) is 0.871. The molecule has 0 atom stereocenters. The van der Waals surface area contributed by atoms with Gasteiger partial charge < -0.3 is 10.1 Å². The molecule has 0 aromatic heterocycles. The van der Waals surface area contributed by atoms with E-state index in [1.807, 2.05) is 36.4 Å². The zero-order valence-corrected chi connectivity index (χ0v) is 15.1. The van der Waals surface area contributed by atoms with Crippen molar-refractivity contribution in [1.82, 2.24) is 0 Å². The van der Waals surface area contributed by atoms with Gasteiger partial charge in [-0.25, -0.2) is 0 Å². The van der Waals surface area contributed by atoms with E-state index >= 15 is 0 Å². The molecule has 3 rings (SSSR count). The first-order chi connectivity index (χ1) is 12.2. The van der Waals surface area contributed by atoms with E-state index in [1.54, 1.807) is 0 Å². The second kappa shape index (κ2) is 8.59. The van der Waals surface area contributed by atoms with Crippen LogP contribution in [0.2, 0.25) is 5.02 Å². The molecular weight excluding hydrogens is 330 g/mol. The third kappa shape index (κ3) is 5.27. The Hall–Kier alpha value is -2.45. The van der Waals surface area contributed by atoms with Crippen LogP contribution in [0.25, 0.3) is 0 Å². The highest BCUT2D eigenvalue weighted by atomic mass is 35.5. The highest BCUT2D eigenvalue weighted by molar-refractivity contribution is 6.30. The number of benzene rings is 3. The molecule has 0 saturated carbocycles. The Morgan fingerprint density at radius 2 is 1.56 bits per heavy atom. The first-order valence-corrected chi connectivity index (χ1v) is 8.90. The second-order valence-corrected chi connectivity index (χ2v) is 6.40. The first kappa shape index (κ1) is 17.4. The van der Waals surface area contributed by atoms with Gasteiger partial charge in [0.25, 0.3) is 0 Å². The highest BCUT2D eigenvalue weighted by Crippen LogP contribution is 2.18. The van der Waals surface area contributed by atoms with Crippen LogP contribution in [0.5, 0.6) is 5.75 Å². The molecule has 3 aromatic carbocycles. The van der Waals surface area contributed by atoms with Crippen molar-refractivity contribution in [1.29, 1.82) is 0 Å². The van der Waals surface area contributed by atoms with Gasteiger partial charge in [0.1, 0.15) is 12.4 Å². The third-order valence-corrected chi connectivity index (χ3v) is 4.33. The zero-order valence-electron chi connectivity index (χ0n) is 14.3. The predicted octanol–water partition coefficient (Wildman–Crippen LogP) is 6.09. The molecule has 3 heteroatoms. The van der Waals surface area contributed by atoms with E-state index < -0.39 is 0 Å². The molecule has 0 saturated heterocycles. The van der Waals surface area contributed by atoms with Gasteiger partial charge in [0, 0.05) is 17.3 Å². The Kier molecular flexibility index (Phi) is 5.97. The van der Waals surface area contributed by atoms with Crippen LogP contribution in [-0.2, 0) is 19.6 Å². The average Bonchev–Trinajstić information content (AvgIpc) is 2.67. The summed E-state index contributed by atoms with van der Waals surface area (Å²) in [6.07, 6.45) is 1.06. The van der Waals surface area contributed by atoms with E-state index in [-0.39, 0.29) is 0 Å². The lowest BCUT2D eigenvalue weighted by atomic mass is 10.1. The molecule has 3 aromatic rings. The molecule has 0 radical (unpaired) electrons. The molecule has 0 heterocycles. The Balaban J connectivity index is 1.56. The highest BCUT2D eigenvalue weighted by Gasteiger charge is 2.00. The fraction of sp³-hybridized carbons (Fsp3) is 0.182. The molecule has 0 aliphatic carbocycles. The van der Waals surface area contributed by atoms with Crippen molar-refractivity contribution < 1.29 is 4.74 Å². The lowest BCUT2D eigenvalue weighted by Gasteiger charge is -2.10. The number of anilines is 1. The molecule has 0 aliphatic heterocycles. The maximum Gasteiger partial charge on any atom is 0.120 e. The molecule has 0 spiro atoms. The van der Waals surface area contributed by atoms with Gasteiger partial charge in [-0.15, -0.1) is 0 Å². The number of hydrogen-bond acceptors (Lipinski definition) is 2. The van der Waals surface area contributed by atoms with Crippen LogP contribution in [0.1, 0.15) is 23.6 Å². The Bertz CT molecular complexity index is 797. The SMILES string of the molecule is CCc1ccc(NCc2cccc(OCc3ccc(Cl)cc3)c2)cc1. The van der Waals surface area contributed by atoms with E-state index in [2.05, 4.69) is 48.6 Å². The lowest BCUT2D eigenvalue weighted by molar-refractivity contribution is 0.306. The van der Waals surface area contributed by atoms with Gasteiger partial charge in [-0.3, -0.25) is 0 Å². The number of hydrogen-bond donors (Lipinski definition) is 1. The Labute approximate surface area is 154 Å². The Morgan fingerprint density at radius 1 is 0.840 bits per heavy atom. The first-order valence-electron chi connectivity index (χ1n) is 8.52. The van der Waals surface area contributed by atoms with E-state index in [9.17, 15) is 0 Å². The summed E-state index contributed by atoms with van der Waals surface area (Å²) >= 11 is 5.90. The van der Waals surface area contributed by atoms with E-state index in [1.165, 1.54) is 11.1 Å². The summed E-state index contributed by atoms with van der Waals surface area (Å²) in [7, 11) is 0. The summed E-state index contributed by atoms with van der Waals surface area (Å²) in [4.78, 5) is 0. The van der Waals surface area contributed by atoms with Crippen LogP contribution in [-0.4, -0.2) is 0 Å². The van der Waals surface area contributed by atoms with Crippen LogP contribution in [0.4, 0.5) is 5.69 Å². The summed E-state index contributed by atoms with van der Waals surface area (Å²) in [5.41, 5.74) is 4.77. The molecule has 0 amide bonds. The van der Waals surface area contributed by atoms with Gasteiger partial charge in [0.05, 0.1) is 0 Å². The van der Waals surface area contributed by atoms with Gasteiger partial charge in [0.15, 0.2) is 0 Å².